The van der Waals surface area contributed by atoms with Gasteiger partial charge in [0.15, 0.2) is 0 Å². The zero-order chi connectivity index (χ0) is 25.9. The number of urea groups is 1. The first-order chi connectivity index (χ1) is 17.1. The average molecular weight is 572 g/mol. The molecule has 7 nitrogen and oxygen atoms in total. The van der Waals surface area contributed by atoms with Gasteiger partial charge in [0.05, 0.1) is 29.9 Å². The van der Waals surface area contributed by atoms with Crippen LogP contribution < -0.4 is 10.0 Å². The molecule has 0 aliphatic heterocycles. The maximum absolute atomic E-state index is 15.4. The lowest BCUT2D eigenvalue weighted by atomic mass is 10.0. The Bertz CT molecular complexity index is 1420. The van der Waals surface area contributed by atoms with Crippen molar-refractivity contribution in [3.05, 3.63) is 86.4 Å². The Balaban J connectivity index is 1.52. The lowest BCUT2D eigenvalue weighted by Gasteiger charge is -2.14. The van der Waals surface area contributed by atoms with Crippen LogP contribution in [-0.4, -0.2) is 30.8 Å². The van der Waals surface area contributed by atoms with Gasteiger partial charge < -0.3 is 5.32 Å². The summed E-state index contributed by atoms with van der Waals surface area (Å²) in [5.41, 5.74) is 2.75. The summed E-state index contributed by atoms with van der Waals surface area (Å²) in [5.74, 6) is -0.568. The number of amides is 2. The quantitative estimate of drug-likeness (QED) is 0.356. The Kier molecular flexibility index (Phi) is 8.24. The van der Waals surface area contributed by atoms with Crippen molar-refractivity contribution >= 4 is 56.4 Å². The van der Waals surface area contributed by atoms with Gasteiger partial charge >= 0.3 is 6.03 Å². The van der Waals surface area contributed by atoms with E-state index in [9.17, 15) is 13.2 Å². The van der Waals surface area contributed by atoms with Crippen LogP contribution in [0.2, 0.25) is 15.1 Å². The van der Waals surface area contributed by atoms with Gasteiger partial charge in [0.25, 0.3) is 10.0 Å². The van der Waals surface area contributed by atoms with Gasteiger partial charge in [-0.3, -0.25) is 4.68 Å². The number of benzene rings is 2. The van der Waals surface area contributed by atoms with Crippen molar-refractivity contribution in [3.8, 4) is 0 Å². The van der Waals surface area contributed by atoms with Crippen LogP contribution in [-0.2, 0) is 23.0 Å². The molecule has 0 saturated carbocycles. The molecule has 1 aromatic heterocycles. The van der Waals surface area contributed by atoms with Crippen molar-refractivity contribution in [2.45, 2.75) is 37.1 Å². The number of nitrogens with one attached hydrogen (secondary N) is 2. The third-order valence-electron chi connectivity index (χ3n) is 5.74. The second kappa shape index (κ2) is 11.2. The summed E-state index contributed by atoms with van der Waals surface area (Å²) in [5, 5.41) is 8.09. The monoisotopic (exact) mass is 570 g/mol. The third kappa shape index (κ3) is 6.21. The first-order valence-corrected chi connectivity index (χ1v) is 13.7. The van der Waals surface area contributed by atoms with E-state index in [-0.39, 0.29) is 4.90 Å². The van der Waals surface area contributed by atoms with Crippen LogP contribution in [0.5, 0.6) is 0 Å². The number of aromatic nitrogens is 2. The molecule has 12 heteroatoms. The molecule has 4 rings (SSSR count). The number of halogens is 4. The van der Waals surface area contributed by atoms with E-state index in [4.69, 9.17) is 34.8 Å². The Morgan fingerprint density at radius 2 is 1.72 bits per heavy atom. The summed E-state index contributed by atoms with van der Waals surface area (Å²) in [4.78, 5) is 12.1. The Morgan fingerprint density at radius 3 is 2.44 bits per heavy atom. The van der Waals surface area contributed by atoms with Crippen molar-refractivity contribution < 1.29 is 17.6 Å². The molecule has 1 aliphatic rings. The minimum atomic E-state index is -4.14. The van der Waals surface area contributed by atoms with E-state index >= 15 is 4.39 Å². The SMILES string of the molecule is O=C(NCC(F)=C1CCCCc2cnn(Cc3ccc(Cl)cc3Cl)c21)NS(=O)(=O)c1ccc(Cl)cc1. The number of aryl methyl sites for hydroxylation is 1. The second-order valence-electron chi connectivity index (χ2n) is 8.24. The highest BCUT2D eigenvalue weighted by Crippen LogP contribution is 2.33. The topological polar surface area (TPSA) is 93.1 Å². The van der Waals surface area contributed by atoms with E-state index < -0.39 is 28.4 Å². The summed E-state index contributed by atoms with van der Waals surface area (Å²) in [6.07, 6.45) is 4.54. The first kappa shape index (κ1) is 26.5. The maximum Gasteiger partial charge on any atom is 0.329 e. The fraction of sp³-hybridized carbons (Fsp3) is 0.250. The predicted octanol–water partition coefficient (Wildman–Crippen LogP) is 5.99. The molecule has 0 bridgehead atoms. The van der Waals surface area contributed by atoms with Crippen LogP contribution in [0.4, 0.5) is 9.18 Å². The van der Waals surface area contributed by atoms with Crippen LogP contribution in [0, 0.1) is 0 Å². The summed E-state index contributed by atoms with van der Waals surface area (Å²) in [7, 11) is -4.14. The molecule has 190 valence electrons. The zero-order valence-corrected chi connectivity index (χ0v) is 22.0. The molecule has 0 unspecified atom stereocenters. The molecule has 1 aliphatic carbocycles. The van der Waals surface area contributed by atoms with Gasteiger partial charge in [-0.1, -0.05) is 40.9 Å². The molecular formula is C24H22Cl3FN4O3S. The number of carbonyl (C=O) groups excluding carboxylic acids is 1. The van der Waals surface area contributed by atoms with Crippen LogP contribution in [0.3, 0.4) is 0 Å². The van der Waals surface area contributed by atoms with Crippen LogP contribution in [0.15, 0.2) is 59.4 Å². The lowest BCUT2D eigenvalue weighted by molar-refractivity contribution is 0.246. The molecule has 0 fully saturated rings. The number of carbonyl (C=O) groups is 1. The van der Waals surface area contributed by atoms with E-state index in [0.29, 0.717) is 39.3 Å². The highest BCUT2D eigenvalue weighted by molar-refractivity contribution is 7.90. The maximum atomic E-state index is 15.4. The molecule has 0 atom stereocenters. The predicted molar refractivity (Wildman–Crippen MR) is 139 cm³/mol. The van der Waals surface area contributed by atoms with Crippen molar-refractivity contribution in [1.29, 1.82) is 0 Å². The van der Waals surface area contributed by atoms with Gasteiger partial charge in [-0.15, -0.1) is 0 Å². The molecular weight excluding hydrogens is 550 g/mol. The van der Waals surface area contributed by atoms with Crippen LogP contribution in [0.1, 0.15) is 36.1 Å². The minimum absolute atomic E-state index is 0.140. The third-order valence-corrected chi connectivity index (χ3v) is 7.93. The summed E-state index contributed by atoms with van der Waals surface area (Å²) < 4.78 is 43.8. The normalized spacial score (nSPS) is 15.1. The summed E-state index contributed by atoms with van der Waals surface area (Å²) in [6, 6.07) is 9.42. The lowest BCUT2D eigenvalue weighted by Crippen LogP contribution is -2.40. The molecule has 1 heterocycles. The van der Waals surface area contributed by atoms with Crippen molar-refractivity contribution in [2.24, 2.45) is 0 Å². The zero-order valence-electron chi connectivity index (χ0n) is 18.9. The van der Waals surface area contributed by atoms with Crippen molar-refractivity contribution in [1.82, 2.24) is 19.8 Å². The summed E-state index contributed by atoms with van der Waals surface area (Å²) >= 11 is 18.1. The molecule has 2 amide bonds. The van der Waals surface area contributed by atoms with Crippen LogP contribution >= 0.6 is 34.8 Å². The minimum Gasteiger partial charge on any atom is -0.331 e. The summed E-state index contributed by atoms with van der Waals surface area (Å²) in [6.45, 7) is -0.168. The van der Waals surface area contributed by atoms with Gasteiger partial charge in [-0.05, 0) is 73.2 Å². The van der Waals surface area contributed by atoms with Gasteiger partial charge in [0.1, 0.15) is 5.83 Å². The molecule has 2 aromatic carbocycles. The van der Waals surface area contributed by atoms with Gasteiger partial charge in [-0.2, -0.15) is 5.10 Å². The van der Waals surface area contributed by atoms with Gasteiger partial charge in [-0.25, -0.2) is 22.3 Å². The highest BCUT2D eigenvalue weighted by Gasteiger charge is 2.23. The van der Waals surface area contributed by atoms with E-state index in [2.05, 4.69) is 10.4 Å². The molecule has 2 N–H and O–H groups in total. The molecule has 3 aromatic rings. The number of rotatable bonds is 6. The average Bonchev–Trinajstić information content (AvgIpc) is 3.08. The van der Waals surface area contributed by atoms with Gasteiger partial charge in [0.2, 0.25) is 0 Å². The number of allylic oxidation sites excluding steroid dienone is 1. The molecule has 36 heavy (non-hydrogen) atoms. The number of fused-ring (bicyclic) bond motifs is 1. The fourth-order valence-corrected chi connectivity index (χ4v) is 5.51. The van der Waals surface area contributed by atoms with E-state index in [1.54, 1.807) is 29.1 Å². The van der Waals surface area contributed by atoms with Crippen molar-refractivity contribution in [3.63, 3.8) is 0 Å². The number of hydrogen-bond acceptors (Lipinski definition) is 4. The Hall–Kier alpha value is -2.59. The largest absolute Gasteiger partial charge is 0.331 e. The Morgan fingerprint density at radius 1 is 1.03 bits per heavy atom. The smallest absolute Gasteiger partial charge is 0.329 e. The highest BCUT2D eigenvalue weighted by atomic mass is 35.5. The first-order valence-electron chi connectivity index (χ1n) is 11.1. The number of hydrogen-bond donors (Lipinski definition) is 2. The Labute approximate surface area is 223 Å². The molecule has 0 radical (unpaired) electrons. The van der Waals surface area contributed by atoms with Crippen LogP contribution in [0.25, 0.3) is 5.57 Å². The number of nitrogens with zero attached hydrogens (tertiary/aromatic N) is 2. The number of sulfonamides is 1. The fourth-order valence-electron chi connectivity index (χ4n) is 3.98. The van der Waals surface area contributed by atoms with E-state index in [0.717, 1.165) is 30.4 Å². The standard InChI is InChI=1S/C24H22Cl3FN4O3S/c25-17-7-9-19(10-8-17)36(34,35)31-24(33)29-13-22(28)20-4-2-1-3-15-12-30-32(23(15)20)14-16-5-6-18(26)11-21(16)27/h5-12H,1-4,13-14H2,(H2,29,31,33). The molecule has 0 saturated heterocycles. The second-order valence-corrected chi connectivity index (χ2v) is 11.2. The van der Waals surface area contributed by atoms with Gasteiger partial charge in [0, 0.05) is 20.6 Å². The van der Waals surface area contributed by atoms with E-state index in [1.807, 2.05) is 4.72 Å². The molecule has 0 spiro atoms. The van der Waals surface area contributed by atoms with E-state index in [1.165, 1.54) is 24.3 Å². The van der Waals surface area contributed by atoms with Crippen molar-refractivity contribution in [2.75, 3.05) is 6.54 Å².